The highest BCUT2D eigenvalue weighted by molar-refractivity contribution is 7.17. The molecule has 2 aromatic carbocycles. The number of rotatable bonds is 4. The molecule has 0 atom stereocenters. The number of para-hydroxylation sites is 2. The van der Waals surface area contributed by atoms with Crippen molar-refractivity contribution in [1.29, 1.82) is 0 Å². The maximum Gasteiger partial charge on any atom is 0.267 e. The van der Waals surface area contributed by atoms with Gasteiger partial charge in [0.1, 0.15) is 9.88 Å². The first-order valence-electron chi connectivity index (χ1n) is 8.90. The van der Waals surface area contributed by atoms with E-state index in [2.05, 4.69) is 21.3 Å². The lowest BCUT2D eigenvalue weighted by Gasteiger charge is -2.21. The zero-order valence-electron chi connectivity index (χ0n) is 14.7. The monoisotopic (exact) mass is 363 g/mol. The maximum absolute atomic E-state index is 12.9. The Morgan fingerprint density at radius 2 is 1.73 bits per heavy atom. The van der Waals surface area contributed by atoms with Crippen LogP contribution in [0.15, 0.2) is 54.6 Å². The summed E-state index contributed by atoms with van der Waals surface area (Å²) in [6.07, 6.45) is 2.41. The number of anilines is 2. The molecule has 4 nitrogen and oxygen atoms in total. The molecule has 1 aromatic heterocycles. The van der Waals surface area contributed by atoms with E-state index in [-0.39, 0.29) is 5.91 Å². The van der Waals surface area contributed by atoms with Gasteiger partial charge in [-0.25, -0.2) is 4.98 Å². The van der Waals surface area contributed by atoms with Gasteiger partial charge < -0.3 is 10.2 Å². The number of hydrogen-bond acceptors (Lipinski definition) is 4. The quantitative estimate of drug-likeness (QED) is 0.712. The fourth-order valence-electron chi connectivity index (χ4n) is 3.30. The number of carbonyl (C=O) groups excluding carboxylic acids is 1. The Bertz CT molecular complexity index is 914. The second-order valence-electron chi connectivity index (χ2n) is 6.47. The molecule has 1 fully saturated rings. The molecular formula is C21H21N3OS. The van der Waals surface area contributed by atoms with Crippen LogP contribution in [0.2, 0.25) is 0 Å². The molecule has 1 aliphatic rings. The molecule has 0 aliphatic carbocycles. The predicted octanol–water partition coefficient (Wildman–Crippen LogP) is 4.97. The van der Waals surface area contributed by atoms with Crippen LogP contribution in [0.4, 0.5) is 11.4 Å². The standard InChI is InChI=1S/C21H21N3OS/c1-15-19(26-21(22-15)16-9-3-2-4-10-16)20(25)23-17-11-5-6-12-18(17)24-13-7-8-14-24/h2-6,9-12H,7-8,13-14H2,1H3,(H,23,25). The summed E-state index contributed by atoms with van der Waals surface area (Å²) in [6.45, 7) is 3.99. The van der Waals surface area contributed by atoms with Crippen molar-refractivity contribution >= 4 is 28.6 Å². The minimum atomic E-state index is -0.0890. The summed E-state index contributed by atoms with van der Waals surface area (Å²) < 4.78 is 0. The van der Waals surface area contributed by atoms with Crippen molar-refractivity contribution in [2.75, 3.05) is 23.3 Å². The summed E-state index contributed by atoms with van der Waals surface area (Å²) in [4.78, 5) is 20.5. The first-order valence-corrected chi connectivity index (χ1v) is 9.72. The molecule has 26 heavy (non-hydrogen) atoms. The van der Waals surface area contributed by atoms with Crippen molar-refractivity contribution in [2.24, 2.45) is 0 Å². The van der Waals surface area contributed by atoms with Crippen LogP contribution in [-0.4, -0.2) is 24.0 Å². The van der Waals surface area contributed by atoms with Gasteiger partial charge in [-0.3, -0.25) is 4.79 Å². The lowest BCUT2D eigenvalue weighted by molar-refractivity contribution is 0.103. The largest absolute Gasteiger partial charge is 0.370 e. The van der Waals surface area contributed by atoms with Gasteiger partial charge in [-0.1, -0.05) is 42.5 Å². The molecule has 1 N–H and O–H groups in total. The highest BCUT2D eigenvalue weighted by Gasteiger charge is 2.20. The summed E-state index contributed by atoms with van der Waals surface area (Å²) in [5, 5.41) is 3.98. The third-order valence-corrected chi connectivity index (χ3v) is 5.83. The zero-order valence-corrected chi connectivity index (χ0v) is 15.6. The Balaban J connectivity index is 1.59. The van der Waals surface area contributed by atoms with Gasteiger partial charge in [0.2, 0.25) is 0 Å². The molecule has 0 spiro atoms. The second kappa shape index (κ2) is 7.30. The van der Waals surface area contributed by atoms with Crippen LogP contribution in [0.5, 0.6) is 0 Å². The first kappa shape index (κ1) is 16.8. The smallest absolute Gasteiger partial charge is 0.267 e. The zero-order chi connectivity index (χ0) is 17.9. The van der Waals surface area contributed by atoms with E-state index in [1.807, 2.05) is 55.5 Å². The second-order valence-corrected chi connectivity index (χ2v) is 7.46. The van der Waals surface area contributed by atoms with Crippen LogP contribution in [0.3, 0.4) is 0 Å². The van der Waals surface area contributed by atoms with Crippen molar-refractivity contribution in [1.82, 2.24) is 4.98 Å². The van der Waals surface area contributed by atoms with Crippen LogP contribution >= 0.6 is 11.3 Å². The fourth-order valence-corrected chi connectivity index (χ4v) is 4.27. The van der Waals surface area contributed by atoms with Gasteiger partial charge in [-0.2, -0.15) is 0 Å². The molecule has 4 rings (SSSR count). The van der Waals surface area contributed by atoms with Gasteiger partial charge in [0, 0.05) is 18.7 Å². The molecule has 0 unspecified atom stereocenters. The van der Waals surface area contributed by atoms with Gasteiger partial charge in [0.15, 0.2) is 0 Å². The molecule has 2 heterocycles. The van der Waals surface area contributed by atoms with E-state index in [9.17, 15) is 4.79 Å². The molecule has 0 radical (unpaired) electrons. The number of nitrogens with zero attached hydrogens (tertiary/aromatic N) is 2. The van der Waals surface area contributed by atoms with Crippen LogP contribution in [0.1, 0.15) is 28.2 Å². The highest BCUT2D eigenvalue weighted by atomic mass is 32.1. The molecule has 3 aromatic rings. The van der Waals surface area contributed by atoms with Crippen molar-refractivity contribution < 1.29 is 4.79 Å². The van der Waals surface area contributed by atoms with Gasteiger partial charge in [-0.15, -0.1) is 11.3 Å². The van der Waals surface area contributed by atoms with E-state index in [1.54, 1.807) is 0 Å². The maximum atomic E-state index is 12.9. The number of amides is 1. The number of benzene rings is 2. The summed E-state index contributed by atoms with van der Waals surface area (Å²) in [5.74, 6) is -0.0890. The Kier molecular flexibility index (Phi) is 4.71. The Hall–Kier alpha value is -2.66. The van der Waals surface area contributed by atoms with E-state index < -0.39 is 0 Å². The number of hydrogen-bond donors (Lipinski definition) is 1. The molecule has 0 saturated carbocycles. The molecular weight excluding hydrogens is 342 g/mol. The SMILES string of the molecule is Cc1nc(-c2ccccc2)sc1C(=O)Nc1ccccc1N1CCCC1. The molecule has 5 heteroatoms. The fraction of sp³-hybridized carbons (Fsp3) is 0.238. The third-order valence-electron chi connectivity index (χ3n) is 4.62. The summed E-state index contributed by atoms with van der Waals surface area (Å²) in [7, 11) is 0. The summed E-state index contributed by atoms with van der Waals surface area (Å²) in [5.41, 5.74) is 3.78. The number of aryl methyl sites for hydroxylation is 1. The normalized spacial score (nSPS) is 13.8. The van der Waals surface area contributed by atoms with E-state index in [0.29, 0.717) is 4.88 Å². The van der Waals surface area contributed by atoms with Gasteiger partial charge >= 0.3 is 0 Å². The van der Waals surface area contributed by atoms with Crippen molar-refractivity contribution in [2.45, 2.75) is 19.8 Å². The lowest BCUT2D eigenvalue weighted by Crippen LogP contribution is -2.21. The minimum absolute atomic E-state index is 0.0890. The molecule has 0 bridgehead atoms. The first-order chi connectivity index (χ1) is 12.7. The Labute approximate surface area is 157 Å². The van der Waals surface area contributed by atoms with E-state index in [1.165, 1.54) is 24.2 Å². The Morgan fingerprint density at radius 1 is 1.04 bits per heavy atom. The van der Waals surface area contributed by atoms with Crippen molar-refractivity contribution in [3.63, 3.8) is 0 Å². The van der Waals surface area contributed by atoms with Crippen molar-refractivity contribution in [3.05, 3.63) is 65.2 Å². The van der Waals surface area contributed by atoms with E-state index >= 15 is 0 Å². The average molecular weight is 363 g/mol. The topological polar surface area (TPSA) is 45.2 Å². The molecule has 1 saturated heterocycles. The molecule has 1 amide bonds. The summed E-state index contributed by atoms with van der Waals surface area (Å²) >= 11 is 1.44. The van der Waals surface area contributed by atoms with Crippen LogP contribution < -0.4 is 10.2 Å². The van der Waals surface area contributed by atoms with Gasteiger partial charge in [-0.05, 0) is 31.9 Å². The summed E-state index contributed by atoms with van der Waals surface area (Å²) in [6, 6.07) is 18.0. The van der Waals surface area contributed by atoms with Crippen LogP contribution in [-0.2, 0) is 0 Å². The third kappa shape index (κ3) is 3.35. The predicted molar refractivity (Wildman–Crippen MR) is 108 cm³/mol. The Morgan fingerprint density at radius 3 is 2.50 bits per heavy atom. The number of carbonyl (C=O) groups is 1. The van der Waals surface area contributed by atoms with E-state index in [4.69, 9.17) is 0 Å². The minimum Gasteiger partial charge on any atom is -0.370 e. The van der Waals surface area contributed by atoms with Crippen LogP contribution in [0.25, 0.3) is 10.6 Å². The number of nitrogens with one attached hydrogen (secondary N) is 1. The van der Waals surface area contributed by atoms with Crippen LogP contribution in [0, 0.1) is 6.92 Å². The van der Waals surface area contributed by atoms with Crippen molar-refractivity contribution in [3.8, 4) is 10.6 Å². The number of aromatic nitrogens is 1. The average Bonchev–Trinajstić information content (AvgIpc) is 3.33. The van der Waals surface area contributed by atoms with Gasteiger partial charge in [0.05, 0.1) is 17.1 Å². The number of thiazole rings is 1. The lowest BCUT2D eigenvalue weighted by atomic mass is 10.2. The molecule has 132 valence electrons. The molecule has 1 aliphatic heterocycles. The highest BCUT2D eigenvalue weighted by Crippen LogP contribution is 2.31. The van der Waals surface area contributed by atoms with E-state index in [0.717, 1.165) is 40.7 Å². The van der Waals surface area contributed by atoms with Gasteiger partial charge in [0.25, 0.3) is 5.91 Å².